The molecule has 19 heavy (non-hydrogen) atoms. The molecule has 0 radical (unpaired) electrons. The third kappa shape index (κ3) is 1.89. The van der Waals surface area contributed by atoms with E-state index in [4.69, 9.17) is 5.73 Å². The van der Waals surface area contributed by atoms with E-state index in [0.29, 0.717) is 11.3 Å². The molecule has 0 atom stereocenters. The number of hydrogen-bond donors (Lipinski definition) is 2. The van der Waals surface area contributed by atoms with E-state index in [2.05, 4.69) is 11.1 Å². The third-order valence-electron chi connectivity index (χ3n) is 3.34. The maximum Gasteiger partial charge on any atom is 0.161 e. The number of carbonyl (C=O) groups excluding carboxylic acids is 1. The fourth-order valence-electron chi connectivity index (χ4n) is 2.39. The van der Waals surface area contributed by atoms with Crippen molar-refractivity contribution in [3.63, 3.8) is 0 Å². The summed E-state index contributed by atoms with van der Waals surface area (Å²) in [6, 6.07) is 13.7. The molecule has 0 aliphatic rings. The predicted molar refractivity (Wildman–Crippen MR) is 78.2 cm³/mol. The normalized spacial score (nSPS) is 10.8. The van der Waals surface area contributed by atoms with Gasteiger partial charge in [0.1, 0.15) is 0 Å². The summed E-state index contributed by atoms with van der Waals surface area (Å²) in [7, 11) is 0. The van der Waals surface area contributed by atoms with Gasteiger partial charge in [-0.3, -0.25) is 4.79 Å². The van der Waals surface area contributed by atoms with Gasteiger partial charge < -0.3 is 10.7 Å². The zero-order valence-electron chi connectivity index (χ0n) is 10.6. The second-order valence-corrected chi connectivity index (χ2v) is 4.60. The number of Topliss-reactive ketones (excluding diaryl/α,β-unsaturated/α-hetero) is 1. The molecule has 0 fully saturated rings. The van der Waals surface area contributed by atoms with Gasteiger partial charge in [-0.05, 0) is 42.3 Å². The van der Waals surface area contributed by atoms with Gasteiger partial charge in [0.25, 0.3) is 0 Å². The molecule has 0 unspecified atom stereocenters. The summed E-state index contributed by atoms with van der Waals surface area (Å²) < 4.78 is 0. The molecule has 3 nitrogen and oxygen atoms in total. The van der Waals surface area contributed by atoms with Crippen LogP contribution in [0.3, 0.4) is 0 Å². The molecule has 0 aliphatic carbocycles. The van der Waals surface area contributed by atoms with Crippen LogP contribution in [0.1, 0.15) is 17.3 Å². The van der Waals surface area contributed by atoms with Crippen molar-refractivity contribution in [2.24, 2.45) is 0 Å². The highest BCUT2D eigenvalue weighted by Gasteiger charge is 2.08. The first-order valence-corrected chi connectivity index (χ1v) is 6.14. The van der Waals surface area contributed by atoms with Crippen LogP contribution in [0.5, 0.6) is 0 Å². The monoisotopic (exact) mass is 250 g/mol. The number of benzene rings is 2. The van der Waals surface area contributed by atoms with Gasteiger partial charge in [0.05, 0.1) is 0 Å². The molecule has 0 spiro atoms. The summed E-state index contributed by atoms with van der Waals surface area (Å²) >= 11 is 0. The molecular formula is C16H14N2O. The molecule has 3 rings (SSSR count). The summed E-state index contributed by atoms with van der Waals surface area (Å²) in [5, 5.41) is 1.15. The Morgan fingerprint density at radius 1 is 1.16 bits per heavy atom. The lowest BCUT2D eigenvalue weighted by molar-refractivity contribution is 0.101. The number of H-pyrrole nitrogens is 1. The Hall–Kier alpha value is -2.55. The summed E-state index contributed by atoms with van der Waals surface area (Å²) in [5.74, 6) is -0.0103. The molecule has 3 heteroatoms. The van der Waals surface area contributed by atoms with Crippen molar-refractivity contribution in [2.75, 3.05) is 5.73 Å². The molecule has 1 heterocycles. The van der Waals surface area contributed by atoms with Gasteiger partial charge in [-0.1, -0.05) is 18.2 Å². The van der Waals surface area contributed by atoms with E-state index >= 15 is 0 Å². The molecule has 3 aromatic rings. The second-order valence-electron chi connectivity index (χ2n) is 4.60. The van der Waals surface area contributed by atoms with E-state index in [0.717, 1.165) is 22.0 Å². The highest BCUT2D eigenvalue weighted by atomic mass is 16.1. The summed E-state index contributed by atoms with van der Waals surface area (Å²) in [6.07, 6.45) is 1.92. The highest BCUT2D eigenvalue weighted by Crippen LogP contribution is 2.30. The predicted octanol–water partition coefficient (Wildman–Crippen LogP) is 3.62. The van der Waals surface area contributed by atoms with Crippen molar-refractivity contribution in [2.45, 2.75) is 6.92 Å². The van der Waals surface area contributed by atoms with Crippen LogP contribution in [-0.2, 0) is 0 Å². The van der Waals surface area contributed by atoms with Crippen LogP contribution in [-0.4, -0.2) is 10.8 Å². The lowest BCUT2D eigenvalue weighted by atomic mass is 9.98. The Morgan fingerprint density at radius 2 is 2.00 bits per heavy atom. The number of fused-ring (bicyclic) bond motifs is 1. The summed E-state index contributed by atoms with van der Waals surface area (Å²) in [6.45, 7) is 1.53. The van der Waals surface area contributed by atoms with Crippen molar-refractivity contribution in [1.82, 2.24) is 4.98 Å². The number of carbonyl (C=O) groups is 1. The van der Waals surface area contributed by atoms with E-state index in [1.165, 1.54) is 6.92 Å². The van der Waals surface area contributed by atoms with Gasteiger partial charge in [0.2, 0.25) is 0 Å². The van der Waals surface area contributed by atoms with Crippen molar-refractivity contribution in [1.29, 1.82) is 0 Å². The van der Waals surface area contributed by atoms with Crippen molar-refractivity contribution in [3.05, 3.63) is 54.2 Å². The lowest BCUT2D eigenvalue weighted by Crippen LogP contribution is -1.99. The first-order valence-electron chi connectivity index (χ1n) is 6.14. The fraction of sp³-hybridized carbons (Fsp3) is 0.0625. The zero-order valence-corrected chi connectivity index (χ0v) is 10.6. The molecule has 0 saturated carbocycles. The van der Waals surface area contributed by atoms with Crippen LogP contribution >= 0.6 is 0 Å². The maximum absolute atomic E-state index is 11.4. The Morgan fingerprint density at radius 3 is 2.74 bits per heavy atom. The highest BCUT2D eigenvalue weighted by molar-refractivity contribution is 6.01. The molecular weight excluding hydrogens is 236 g/mol. The number of ketones is 1. The van der Waals surface area contributed by atoms with Crippen LogP contribution in [0.4, 0.5) is 5.69 Å². The van der Waals surface area contributed by atoms with E-state index in [1.807, 2.05) is 36.5 Å². The standard InChI is InChI=1S/C16H14N2O/c1-10(19)12-6-5-11(9-15(12)17)13-3-2-4-16-14(13)7-8-18-16/h2-9,18H,17H2,1H3. The van der Waals surface area contributed by atoms with Gasteiger partial charge in [0, 0.05) is 28.4 Å². The number of hydrogen-bond acceptors (Lipinski definition) is 2. The van der Waals surface area contributed by atoms with Crippen molar-refractivity contribution < 1.29 is 4.79 Å². The van der Waals surface area contributed by atoms with Gasteiger partial charge in [-0.2, -0.15) is 0 Å². The van der Waals surface area contributed by atoms with Crippen LogP contribution in [0.2, 0.25) is 0 Å². The van der Waals surface area contributed by atoms with Crippen LogP contribution in [0.15, 0.2) is 48.7 Å². The Bertz CT molecular complexity index is 771. The minimum Gasteiger partial charge on any atom is -0.398 e. The second kappa shape index (κ2) is 4.28. The number of aromatic nitrogens is 1. The molecule has 3 N–H and O–H groups in total. The number of nitrogens with two attached hydrogens (primary N) is 1. The number of nitrogen functional groups attached to an aromatic ring is 1. The smallest absolute Gasteiger partial charge is 0.161 e. The first-order chi connectivity index (χ1) is 9.16. The lowest BCUT2D eigenvalue weighted by Gasteiger charge is -2.07. The average Bonchev–Trinajstić information content (AvgIpc) is 2.86. The fourth-order valence-corrected chi connectivity index (χ4v) is 2.39. The van der Waals surface area contributed by atoms with Crippen LogP contribution in [0, 0.1) is 0 Å². The SMILES string of the molecule is CC(=O)c1ccc(-c2cccc3[nH]ccc23)cc1N. The quantitative estimate of drug-likeness (QED) is 0.539. The minimum absolute atomic E-state index is 0.0103. The Kier molecular flexibility index (Phi) is 2.60. The summed E-state index contributed by atoms with van der Waals surface area (Å²) in [5.41, 5.74) is 10.3. The van der Waals surface area contributed by atoms with Crippen LogP contribution in [0.25, 0.3) is 22.0 Å². The summed E-state index contributed by atoms with van der Waals surface area (Å²) in [4.78, 5) is 14.6. The number of anilines is 1. The Labute approximate surface area is 111 Å². The molecule has 94 valence electrons. The van der Waals surface area contributed by atoms with Crippen molar-refractivity contribution in [3.8, 4) is 11.1 Å². The average molecular weight is 250 g/mol. The Balaban J connectivity index is 2.19. The number of nitrogens with one attached hydrogen (secondary N) is 1. The van der Waals surface area contributed by atoms with E-state index < -0.39 is 0 Å². The van der Waals surface area contributed by atoms with E-state index in [9.17, 15) is 4.79 Å². The molecule has 0 saturated heterocycles. The van der Waals surface area contributed by atoms with E-state index in [-0.39, 0.29) is 5.78 Å². The molecule has 0 aliphatic heterocycles. The molecule has 0 amide bonds. The third-order valence-corrected chi connectivity index (χ3v) is 3.34. The first kappa shape index (κ1) is 11.5. The topological polar surface area (TPSA) is 58.9 Å². The van der Waals surface area contributed by atoms with Crippen LogP contribution < -0.4 is 5.73 Å². The number of aromatic amines is 1. The van der Waals surface area contributed by atoms with Crippen molar-refractivity contribution >= 4 is 22.4 Å². The maximum atomic E-state index is 11.4. The largest absolute Gasteiger partial charge is 0.398 e. The van der Waals surface area contributed by atoms with Gasteiger partial charge in [0.15, 0.2) is 5.78 Å². The van der Waals surface area contributed by atoms with Gasteiger partial charge in [-0.25, -0.2) is 0 Å². The number of rotatable bonds is 2. The van der Waals surface area contributed by atoms with Gasteiger partial charge in [-0.15, -0.1) is 0 Å². The molecule has 0 bridgehead atoms. The minimum atomic E-state index is -0.0103. The molecule has 2 aromatic carbocycles. The van der Waals surface area contributed by atoms with E-state index in [1.54, 1.807) is 6.07 Å². The van der Waals surface area contributed by atoms with Gasteiger partial charge >= 0.3 is 0 Å². The zero-order chi connectivity index (χ0) is 13.4. The molecule has 1 aromatic heterocycles.